The molecule has 2 atom stereocenters. The summed E-state index contributed by atoms with van der Waals surface area (Å²) in [6.45, 7) is 0.248. The van der Waals surface area contributed by atoms with Gasteiger partial charge in [0.15, 0.2) is 0 Å². The summed E-state index contributed by atoms with van der Waals surface area (Å²) in [7, 11) is 0. The molecule has 0 bridgehead atoms. The third kappa shape index (κ3) is 3.26. The highest BCUT2D eigenvalue weighted by Crippen LogP contribution is 2.31. The van der Waals surface area contributed by atoms with Crippen molar-refractivity contribution in [2.24, 2.45) is 5.73 Å². The Morgan fingerprint density at radius 1 is 1.19 bits per heavy atom. The predicted molar refractivity (Wildman–Crippen MR) is 83.2 cm³/mol. The second kappa shape index (κ2) is 6.29. The van der Waals surface area contributed by atoms with Crippen molar-refractivity contribution in [2.75, 3.05) is 6.61 Å². The van der Waals surface area contributed by atoms with E-state index in [9.17, 15) is 5.11 Å². The molecule has 21 heavy (non-hydrogen) atoms. The van der Waals surface area contributed by atoms with Gasteiger partial charge in [0.25, 0.3) is 0 Å². The van der Waals surface area contributed by atoms with Crippen molar-refractivity contribution in [1.29, 1.82) is 0 Å². The zero-order chi connectivity index (χ0) is 14.7. The second-order valence-electron chi connectivity index (χ2n) is 5.60. The minimum Gasteiger partial charge on any atom is -0.491 e. The highest BCUT2D eigenvalue weighted by molar-refractivity contribution is 5.39. The molecular weight excluding hydrogens is 262 g/mol. The summed E-state index contributed by atoms with van der Waals surface area (Å²) in [6, 6.07) is 15.8. The van der Waals surface area contributed by atoms with Gasteiger partial charge >= 0.3 is 0 Å². The van der Waals surface area contributed by atoms with Crippen LogP contribution >= 0.6 is 0 Å². The first kappa shape index (κ1) is 14.1. The average molecular weight is 283 g/mol. The minimum atomic E-state index is -0.615. The summed E-state index contributed by atoms with van der Waals surface area (Å²) in [5.74, 6) is 0.779. The number of hydrogen-bond donors (Lipinski definition) is 2. The fraction of sp³-hybridized carbons (Fsp3) is 0.333. The first-order chi connectivity index (χ1) is 10.2. The molecular formula is C18H21NO2. The van der Waals surface area contributed by atoms with Gasteiger partial charge in [0.2, 0.25) is 0 Å². The molecule has 0 saturated carbocycles. The number of aliphatic hydroxyl groups is 1. The largest absolute Gasteiger partial charge is 0.491 e. The zero-order valence-electron chi connectivity index (χ0n) is 12.0. The fourth-order valence-corrected chi connectivity index (χ4v) is 2.85. The number of aryl methyl sites for hydroxylation is 1. The molecule has 1 aliphatic rings. The van der Waals surface area contributed by atoms with E-state index in [1.165, 1.54) is 11.1 Å². The van der Waals surface area contributed by atoms with Crippen molar-refractivity contribution in [3.05, 3.63) is 65.2 Å². The van der Waals surface area contributed by atoms with Crippen molar-refractivity contribution < 1.29 is 9.84 Å². The molecule has 0 heterocycles. The van der Waals surface area contributed by atoms with E-state index in [0.717, 1.165) is 30.6 Å². The third-order valence-corrected chi connectivity index (χ3v) is 4.07. The molecule has 0 fully saturated rings. The van der Waals surface area contributed by atoms with Crippen molar-refractivity contribution >= 4 is 0 Å². The maximum atomic E-state index is 10.1. The number of aliphatic hydroxyl groups excluding tert-OH is 1. The van der Waals surface area contributed by atoms with E-state index in [4.69, 9.17) is 10.5 Å². The number of nitrogens with two attached hydrogens (primary N) is 1. The second-order valence-corrected chi connectivity index (χ2v) is 5.60. The van der Waals surface area contributed by atoms with Crippen molar-refractivity contribution in [3.63, 3.8) is 0 Å². The van der Waals surface area contributed by atoms with Crippen molar-refractivity contribution in [2.45, 2.75) is 31.4 Å². The van der Waals surface area contributed by atoms with Gasteiger partial charge in [-0.3, -0.25) is 0 Å². The average Bonchev–Trinajstić information content (AvgIpc) is 2.54. The van der Waals surface area contributed by atoms with E-state index >= 15 is 0 Å². The maximum Gasteiger partial charge on any atom is 0.119 e. The normalized spacial score (nSPS) is 18.9. The Bertz CT molecular complexity index is 597. The van der Waals surface area contributed by atoms with Gasteiger partial charge < -0.3 is 15.6 Å². The van der Waals surface area contributed by atoms with Gasteiger partial charge in [0, 0.05) is 6.04 Å². The number of hydrogen-bond acceptors (Lipinski definition) is 3. The molecule has 3 N–H and O–H groups in total. The van der Waals surface area contributed by atoms with Crippen LogP contribution in [0.3, 0.4) is 0 Å². The van der Waals surface area contributed by atoms with Gasteiger partial charge in [-0.25, -0.2) is 0 Å². The van der Waals surface area contributed by atoms with E-state index in [1.54, 1.807) is 0 Å². The molecule has 0 amide bonds. The van der Waals surface area contributed by atoms with Crippen LogP contribution in [0, 0.1) is 0 Å². The summed E-state index contributed by atoms with van der Waals surface area (Å²) < 4.78 is 5.73. The van der Waals surface area contributed by atoms with Crippen LogP contribution in [0.5, 0.6) is 5.75 Å². The molecule has 1 aliphatic carbocycles. The van der Waals surface area contributed by atoms with Crippen LogP contribution in [0.1, 0.15) is 41.7 Å². The summed E-state index contributed by atoms with van der Waals surface area (Å²) >= 11 is 0. The predicted octanol–water partition coefficient (Wildman–Crippen LogP) is 3.14. The smallest absolute Gasteiger partial charge is 0.119 e. The van der Waals surface area contributed by atoms with Gasteiger partial charge in [0.1, 0.15) is 18.5 Å². The number of benzene rings is 2. The van der Waals surface area contributed by atoms with E-state index in [0.29, 0.717) is 0 Å². The summed E-state index contributed by atoms with van der Waals surface area (Å²) in [6.07, 6.45) is 2.66. The van der Waals surface area contributed by atoms with Gasteiger partial charge in [-0.1, -0.05) is 36.4 Å². The van der Waals surface area contributed by atoms with Crippen LogP contribution in [0.4, 0.5) is 0 Å². The van der Waals surface area contributed by atoms with Crippen LogP contribution in [0.25, 0.3) is 0 Å². The summed E-state index contributed by atoms with van der Waals surface area (Å²) in [5.41, 5.74) is 9.54. The van der Waals surface area contributed by atoms with Crippen LogP contribution in [-0.4, -0.2) is 11.7 Å². The highest BCUT2D eigenvalue weighted by atomic mass is 16.5. The molecule has 3 rings (SSSR count). The lowest BCUT2D eigenvalue weighted by molar-refractivity contribution is 0.108. The van der Waals surface area contributed by atoms with Gasteiger partial charge in [-0.05, 0) is 48.1 Å². The molecule has 0 radical (unpaired) electrons. The topological polar surface area (TPSA) is 55.5 Å². The highest BCUT2D eigenvalue weighted by Gasteiger charge is 2.17. The lowest BCUT2D eigenvalue weighted by Gasteiger charge is -2.23. The van der Waals surface area contributed by atoms with Gasteiger partial charge in [-0.2, -0.15) is 0 Å². The van der Waals surface area contributed by atoms with Crippen LogP contribution in [0.15, 0.2) is 48.5 Å². The Kier molecular flexibility index (Phi) is 4.23. The Labute approximate surface area is 125 Å². The molecule has 3 heteroatoms. The molecule has 2 aromatic rings. The Hall–Kier alpha value is -1.84. The van der Waals surface area contributed by atoms with Crippen LogP contribution < -0.4 is 10.5 Å². The van der Waals surface area contributed by atoms with Gasteiger partial charge in [0.05, 0.1) is 0 Å². The van der Waals surface area contributed by atoms with Gasteiger partial charge in [-0.15, -0.1) is 0 Å². The molecule has 0 spiro atoms. The summed E-state index contributed by atoms with van der Waals surface area (Å²) in [4.78, 5) is 0. The summed E-state index contributed by atoms with van der Waals surface area (Å²) in [5, 5.41) is 10.1. The van der Waals surface area contributed by atoms with Crippen LogP contribution in [-0.2, 0) is 6.42 Å². The standard InChI is InChI=1S/C18H21NO2/c19-17-8-4-7-13-9-10-15(11-16(13)17)21-12-18(20)14-5-2-1-3-6-14/h1-3,5-6,9-11,17-18,20H,4,7-8,12,19H2/t17-,18?/m1/s1. The molecule has 0 saturated heterocycles. The third-order valence-electron chi connectivity index (χ3n) is 4.07. The minimum absolute atomic E-state index is 0.108. The zero-order valence-corrected chi connectivity index (χ0v) is 12.0. The molecule has 110 valence electrons. The SMILES string of the molecule is N[C@@H]1CCCc2ccc(OCC(O)c3ccccc3)cc21. The molecule has 1 unspecified atom stereocenters. The lowest BCUT2D eigenvalue weighted by Crippen LogP contribution is -2.17. The number of fused-ring (bicyclic) bond motifs is 1. The Morgan fingerprint density at radius 3 is 2.81 bits per heavy atom. The number of ether oxygens (including phenoxy) is 1. The quantitative estimate of drug-likeness (QED) is 0.906. The van der Waals surface area contributed by atoms with Crippen LogP contribution in [0.2, 0.25) is 0 Å². The Balaban J connectivity index is 1.67. The lowest BCUT2D eigenvalue weighted by atomic mass is 9.88. The van der Waals surface area contributed by atoms with E-state index in [2.05, 4.69) is 6.07 Å². The monoisotopic (exact) mass is 283 g/mol. The fourth-order valence-electron chi connectivity index (χ4n) is 2.85. The molecule has 0 aliphatic heterocycles. The Morgan fingerprint density at radius 2 is 2.00 bits per heavy atom. The van der Waals surface area contributed by atoms with E-state index in [1.807, 2.05) is 42.5 Å². The van der Waals surface area contributed by atoms with E-state index in [-0.39, 0.29) is 12.6 Å². The van der Waals surface area contributed by atoms with E-state index < -0.39 is 6.10 Å². The number of rotatable bonds is 4. The van der Waals surface area contributed by atoms with Crippen molar-refractivity contribution in [3.8, 4) is 5.75 Å². The first-order valence-corrected chi connectivity index (χ1v) is 7.48. The van der Waals surface area contributed by atoms with Crippen molar-refractivity contribution in [1.82, 2.24) is 0 Å². The molecule has 3 nitrogen and oxygen atoms in total. The first-order valence-electron chi connectivity index (χ1n) is 7.48. The maximum absolute atomic E-state index is 10.1. The molecule has 2 aromatic carbocycles. The molecule has 0 aromatic heterocycles.